The lowest BCUT2D eigenvalue weighted by molar-refractivity contribution is -0.147. The summed E-state index contributed by atoms with van der Waals surface area (Å²) in [6.45, 7) is 5.47. The van der Waals surface area contributed by atoms with E-state index < -0.39 is 11.7 Å². The Morgan fingerprint density at radius 1 is 1.20 bits per heavy atom. The number of imidazole rings is 1. The Balaban J connectivity index is 1.96. The smallest absolute Gasteiger partial charge is 0.417 e. The summed E-state index contributed by atoms with van der Waals surface area (Å²) in [6, 6.07) is 9.85. The Bertz CT molecular complexity index is 1060. The van der Waals surface area contributed by atoms with Gasteiger partial charge in [-0.15, -0.1) is 0 Å². The normalized spacial score (nSPS) is 12.9. The molecule has 8 heteroatoms. The number of aryl methyl sites for hydroxylation is 1. The van der Waals surface area contributed by atoms with E-state index in [9.17, 15) is 18.0 Å². The number of carbonyl (C=O) groups excluding carboxylic acids is 1. The van der Waals surface area contributed by atoms with Crippen LogP contribution in [-0.4, -0.2) is 21.6 Å². The Labute approximate surface area is 177 Å². The minimum absolute atomic E-state index is 0.243. The molecule has 0 bridgehead atoms. The predicted molar refractivity (Wildman–Crippen MR) is 110 cm³/mol. The molecule has 160 valence electrons. The van der Waals surface area contributed by atoms with E-state index in [0.29, 0.717) is 30.6 Å². The molecule has 0 fully saturated rings. The van der Waals surface area contributed by atoms with Crippen molar-refractivity contribution in [2.24, 2.45) is 0 Å². The van der Waals surface area contributed by atoms with Gasteiger partial charge in [0.2, 0.25) is 0 Å². The second-order valence-corrected chi connectivity index (χ2v) is 7.47. The number of fused-ring (bicyclic) bond motifs is 1. The van der Waals surface area contributed by atoms with Gasteiger partial charge in [-0.1, -0.05) is 37.6 Å². The molecule has 0 aliphatic heterocycles. The van der Waals surface area contributed by atoms with Crippen LogP contribution in [-0.2, 0) is 28.5 Å². The highest BCUT2D eigenvalue weighted by Crippen LogP contribution is 2.37. The number of nitrogens with zero attached hydrogens (tertiary/aromatic N) is 2. The molecular formula is C22H22ClF3N2O2. The maximum absolute atomic E-state index is 13.2. The van der Waals surface area contributed by atoms with Crippen molar-refractivity contribution < 1.29 is 22.7 Å². The number of esters is 1. The standard InChI is InChI=1S/C22H22ClF3N2O2/c1-4-20-27-18-11-16(22(24,25)26)17(23)12-19(18)28(20)15-8-6-14(7-9-15)10-13(3)30-21(29)5-2/h6-9,11-13H,4-5,10H2,1-3H3/t13-/m1/s1. The zero-order chi connectivity index (χ0) is 22.1. The summed E-state index contributed by atoms with van der Waals surface area (Å²) in [4.78, 5) is 15.8. The maximum atomic E-state index is 13.2. The first-order valence-corrected chi connectivity index (χ1v) is 10.1. The van der Waals surface area contributed by atoms with E-state index in [1.54, 1.807) is 6.92 Å². The summed E-state index contributed by atoms with van der Waals surface area (Å²) < 4.78 is 46.7. The lowest BCUT2D eigenvalue weighted by atomic mass is 10.1. The first kappa shape index (κ1) is 22.2. The SMILES string of the molecule is CCC(=O)O[C@H](C)Cc1ccc(-n2c(CC)nc3cc(C(F)(F)F)c(Cl)cc32)cc1. The quantitative estimate of drug-likeness (QED) is 0.434. The average Bonchev–Trinajstić information content (AvgIpc) is 3.04. The number of carbonyl (C=O) groups is 1. The Kier molecular flexibility index (Phi) is 6.41. The van der Waals surface area contributed by atoms with Crippen LogP contribution < -0.4 is 0 Å². The minimum Gasteiger partial charge on any atom is -0.462 e. The van der Waals surface area contributed by atoms with E-state index in [2.05, 4.69) is 4.98 Å². The van der Waals surface area contributed by atoms with Crippen molar-refractivity contribution in [3.8, 4) is 5.69 Å². The molecule has 1 heterocycles. The number of halogens is 4. The molecule has 2 aromatic carbocycles. The minimum atomic E-state index is -4.54. The van der Waals surface area contributed by atoms with Crippen LogP contribution in [0.3, 0.4) is 0 Å². The molecule has 1 aromatic heterocycles. The van der Waals surface area contributed by atoms with Gasteiger partial charge >= 0.3 is 12.1 Å². The summed E-state index contributed by atoms with van der Waals surface area (Å²) in [5, 5.41) is -0.359. The molecule has 0 aliphatic carbocycles. The Morgan fingerprint density at radius 2 is 1.87 bits per heavy atom. The van der Waals surface area contributed by atoms with E-state index in [0.717, 1.165) is 17.3 Å². The zero-order valence-corrected chi connectivity index (χ0v) is 17.6. The van der Waals surface area contributed by atoms with Crippen LogP contribution >= 0.6 is 11.6 Å². The topological polar surface area (TPSA) is 44.1 Å². The fourth-order valence-corrected chi connectivity index (χ4v) is 3.62. The average molecular weight is 439 g/mol. The van der Waals surface area contributed by atoms with Crippen LogP contribution in [0.4, 0.5) is 13.2 Å². The monoisotopic (exact) mass is 438 g/mol. The Hall–Kier alpha value is -2.54. The lowest BCUT2D eigenvalue weighted by Crippen LogP contribution is -2.16. The summed E-state index contributed by atoms with van der Waals surface area (Å²) in [5.74, 6) is 0.394. The molecule has 4 nitrogen and oxygen atoms in total. The molecule has 3 rings (SSSR count). The molecule has 0 unspecified atom stereocenters. The van der Waals surface area contributed by atoms with Gasteiger partial charge in [0.1, 0.15) is 11.9 Å². The van der Waals surface area contributed by atoms with Crippen molar-refractivity contribution in [2.75, 3.05) is 0 Å². The van der Waals surface area contributed by atoms with Crippen LogP contribution in [0.1, 0.15) is 44.1 Å². The number of benzene rings is 2. The second-order valence-electron chi connectivity index (χ2n) is 7.06. The van der Waals surface area contributed by atoms with Gasteiger partial charge in [0, 0.05) is 24.9 Å². The third kappa shape index (κ3) is 4.61. The van der Waals surface area contributed by atoms with Crippen LogP contribution in [0.5, 0.6) is 0 Å². The molecule has 30 heavy (non-hydrogen) atoms. The second kappa shape index (κ2) is 8.68. The van der Waals surface area contributed by atoms with Crippen molar-refractivity contribution >= 4 is 28.6 Å². The molecule has 0 spiro atoms. The van der Waals surface area contributed by atoms with Crippen molar-refractivity contribution in [2.45, 2.75) is 52.3 Å². The van der Waals surface area contributed by atoms with E-state index in [-0.39, 0.29) is 22.6 Å². The number of rotatable bonds is 6. The van der Waals surface area contributed by atoms with E-state index >= 15 is 0 Å². The van der Waals surface area contributed by atoms with Gasteiger partial charge in [0.25, 0.3) is 0 Å². The van der Waals surface area contributed by atoms with Gasteiger partial charge < -0.3 is 4.74 Å². The fourth-order valence-electron chi connectivity index (χ4n) is 3.35. The van der Waals surface area contributed by atoms with Crippen LogP contribution in [0, 0.1) is 0 Å². The molecular weight excluding hydrogens is 417 g/mol. The Morgan fingerprint density at radius 3 is 2.43 bits per heavy atom. The molecule has 0 saturated carbocycles. The predicted octanol–water partition coefficient (Wildman–Crippen LogP) is 6.14. The highest BCUT2D eigenvalue weighted by molar-refractivity contribution is 6.32. The molecule has 1 atom stereocenters. The van der Waals surface area contributed by atoms with Crippen molar-refractivity contribution in [1.29, 1.82) is 0 Å². The molecule has 0 radical (unpaired) electrons. The van der Waals surface area contributed by atoms with E-state index in [1.165, 1.54) is 6.07 Å². The maximum Gasteiger partial charge on any atom is 0.417 e. The molecule has 0 amide bonds. The fraction of sp³-hybridized carbons (Fsp3) is 0.364. The summed E-state index contributed by atoms with van der Waals surface area (Å²) in [5.41, 5.74) is 1.62. The van der Waals surface area contributed by atoms with Gasteiger partial charge in [0.15, 0.2) is 0 Å². The number of aromatic nitrogens is 2. The molecule has 0 aliphatic rings. The van der Waals surface area contributed by atoms with Gasteiger partial charge in [0.05, 0.1) is 21.6 Å². The van der Waals surface area contributed by atoms with Crippen molar-refractivity contribution in [3.63, 3.8) is 0 Å². The summed E-state index contributed by atoms with van der Waals surface area (Å²) in [6.07, 6.45) is -3.35. The molecule has 0 N–H and O–H groups in total. The van der Waals surface area contributed by atoms with Crippen molar-refractivity contribution in [3.05, 3.63) is 58.4 Å². The number of ether oxygens (including phenoxy) is 1. The van der Waals surface area contributed by atoms with Gasteiger partial charge in [-0.3, -0.25) is 9.36 Å². The third-order valence-corrected chi connectivity index (χ3v) is 5.09. The lowest BCUT2D eigenvalue weighted by Gasteiger charge is -2.14. The largest absolute Gasteiger partial charge is 0.462 e. The van der Waals surface area contributed by atoms with Gasteiger partial charge in [-0.2, -0.15) is 13.2 Å². The summed E-state index contributed by atoms with van der Waals surface area (Å²) in [7, 11) is 0. The van der Waals surface area contributed by atoms with Crippen LogP contribution in [0.2, 0.25) is 5.02 Å². The van der Waals surface area contributed by atoms with E-state index in [1.807, 2.05) is 42.7 Å². The number of alkyl halides is 3. The number of hydrogen-bond donors (Lipinski definition) is 0. The van der Waals surface area contributed by atoms with E-state index in [4.69, 9.17) is 16.3 Å². The highest BCUT2D eigenvalue weighted by Gasteiger charge is 2.34. The first-order chi connectivity index (χ1) is 14.1. The van der Waals surface area contributed by atoms with Crippen LogP contribution in [0.15, 0.2) is 36.4 Å². The molecule has 0 saturated heterocycles. The highest BCUT2D eigenvalue weighted by atomic mass is 35.5. The van der Waals surface area contributed by atoms with Crippen molar-refractivity contribution in [1.82, 2.24) is 9.55 Å². The number of hydrogen-bond acceptors (Lipinski definition) is 3. The zero-order valence-electron chi connectivity index (χ0n) is 16.9. The first-order valence-electron chi connectivity index (χ1n) is 9.70. The van der Waals surface area contributed by atoms with Gasteiger partial charge in [-0.05, 0) is 36.8 Å². The van der Waals surface area contributed by atoms with Crippen LogP contribution in [0.25, 0.3) is 16.7 Å². The van der Waals surface area contributed by atoms with Gasteiger partial charge in [-0.25, -0.2) is 4.98 Å². The summed E-state index contributed by atoms with van der Waals surface area (Å²) >= 11 is 5.93. The molecule has 3 aromatic rings. The third-order valence-electron chi connectivity index (χ3n) is 4.77.